The SMILES string of the molecule is Cn1cnc2c1NC(=NCc1ccc(Cl)c(Cl)c1)C1(CCCCC1)C2. The number of benzene rings is 1. The van der Waals surface area contributed by atoms with Crippen LogP contribution >= 0.6 is 23.2 Å². The molecule has 1 spiro atoms. The molecule has 1 aliphatic carbocycles. The summed E-state index contributed by atoms with van der Waals surface area (Å²) in [4.78, 5) is 9.58. The molecule has 132 valence electrons. The average Bonchev–Trinajstić information content (AvgIpc) is 2.96. The highest BCUT2D eigenvalue weighted by Gasteiger charge is 2.42. The molecule has 25 heavy (non-hydrogen) atoms. The fraction of sp³-hybridized carbons (Fsp3) is 0.474. The number of aliphatic imine (C=N–C) groups is 1. The number of aryl methyl sites for hydroxylation is 1. The van der Waals surface area contributed by atoms with Crippen molar-refractivity contribution in [1.29, 1.82) is 0 Å². The molecule has 1 saturated carbocycles. The van der Waals surface area contributed by atoms with E-state index in [2.05, 4.69) is 10.3 Å². The molecular weight excluding hydrogens is 355 g/mol. The van der Waals surface area contributed by atoms with E-state index < -0.39 is 0 Å². The number of nitrogens with one attached hydrogen (secondary N) is 1. The molecule has 4 nitrogen and oxygen atoms in total. The summed E-state index contributed by atoms with van der Waals surface area (Å²) >= 11 is 12.2. The molecular formula is C19H22Cl2N4. The minimum atomic E-state index is 0.107. The zero-order valence-electron chi connectivity index (χ0n) is 14.4. The molecule has 6 heteroatoms. The van der Waals surface area contributed by atoms with Gasteiger partial charge in [-0.1, -0.05) is 48.5 Å². The summed E-state index contributed by atoms with van der Waals surface area (Å²) in [5, 5.41) is 4.75. The second-order valence-electron chi connectivity index (χ2n) is 7.21. The van der Waals surface area contributed by atoms with Gasteiger partial charge in [0.05, 0.1) is 28.6 Å². The van der Waals surface area contributed by atoms with Crippen LogP contribution in [0, 0.1) is 5.41 Å². The number of fused-ring (bicyclic) bond motifs is 1. The predicted molar refractivity (Wildman–Crippen MR) is 104 cm³/mol. The Morgan fingerprint density at radius 3 is 2.76 bits per heavy atom. The molecule has 0 radical (unpaired) electrons. The maximum Gasteiger partial charge on any atom is 0.134 e. The number of hydrogen-bond donors (Lipinski definition) is 1. The molecule has 1 N–H and O–H groups in total. The zero-order valence-corrected chi connectivity index (χ0v) is 15.9. The van der Waals surface area contributed by atoms with Gasteiger partial charge in [0, 0.05) is 18.9 Å². The maximum atomic E-state index is 6.14. The van der Waals surface area contributed by atoms with E-state index in [1.165, 1.54) is 32.1 Å². The summed E-state index contributed by atoms with van der Waals surface area (Å²) in [7, 11) is 2.02. The smallest absolute Gasteiger partial charge is 0.134 e. The van der Waals surface area contributed by atoms with Gasteiger partial charge in [0.2, 0.25) is 0 Å². The van der Waals surface area contributed by atoms with E-state index in [0.717, 1.165) is 29.3 Å². The van der Waals surface area contributed by atoms with Crippen LogP contribution in [0.1, 0.15) is 43.4 Å². The van der Waals surface area contributed by atoms with Crippen LogP contribution in [-0.4, -0.2) is 15.4 Å². The molecule has 0 saturated heterocycles. The lowest BCUT2D eigenvalue weighted by Gasteiger charge is -2.41. The second kappa shape index (κ2) is 6.65. The van der Waals surface area contributed by atoms with E-state index in [1.54, 1.807) is 0 Å². The molecule has 1 fully saturated rings. The van der Waals surface area contributed by atoms with Gasteiger partial charge in [-0.3, -0.25) is 4.99 Å². The predicted octanol–water partition coefficient (Wildman–Crippen LogP) is 5.24. The van der Waals surface area contributed by atoms with Crippen LogP contribution in [0.5, 0.6) is 0 Å². The van der Waals surface area contributed by atoms with Crippen LogP contribution < -0.4 is 5.32 Å². The van der Waals surface area contributed by atoms with Gasteiger partial charge in [0.1, 0.15) is 11.7 Å². The van der Waals surface area contributed by atoms with E-state index in [0.29, 0.717) is 16.6 Å². The van der Waals surface area contributed by atoms with Crippen LogP contribution in [-0.2, 0) is 20.0 Å². The maximum absolute atomic E-state index is 6.14. The molecule has 0 bridgehead atoms. The van der Waals surface area contributed by atoms with Crippen molar-refractivity contribution < 1.29 is 0 Å². The summed E-state index contributed by atoms with van der Waals surface area (Å²) in [6.07, 6.45) is 9.06. The zero-order chi connectivity index (χ0) is 17.4. The fourth-order valence-corrected chi connectivity index (χ4v) is 4.40. The summed E-state index contributed by atoms with van der Waals surface area (Å²) in [5.41, 5.74) is 2.35. The number of hydrogen-bond acceptors (Lipinski definition) is 2. The molecule has 1 aromatic heterocycles. The molecule has 2 aromatic rings. The van der Waals surface area contributed by atoms with Gasteiger partial charge < -0.3 is 9.88 Å². The average molecular weight is 377 g/mol. The van der Waals surface area contributed by atoms with Gasteiger partial charge in [0.25, 0.3) is 0 Å². The Morgan fingerprint density at radius 1 is 1.20 bits per heavy atom. The third-order valence-corrected chi connectivity index (χ3v) is 6.21. The first-order valence-electron chi connectivity index (χ1n) is 8.83. The van der Waals surface area contributed by atoms with Crippen molar-refractivity contribution in [1.82, 2.24) is 9.55 Å². The normalized spacial score (nSPS) is 20.5. The quantitative estimate of drug-likeness (QED) is 0.777. The molecule has 2 aliphatic rings. The first-order valence-corrected chi connectivity index (χ1v) is 9.59. The number of halogens is 2. The fourth-order valence-electron chi connectivity index (χ4n) is 4.08. The Kier molecular flexibility index (Phi) is 4.50. The van der Waals surface area contributed by atoms with E-state index in [4.69, 9.17) is 28.2 Å². The minimum Gasteiger partial charge on any atom is -0.328 e. The van der Waals surface area contributed by atoms with Crippen molar-refractivity contribution in [2.75, 3.05) is 5.32 Å². The molecule has 2 heterocycles. The summed E-state index contributed by atoms with van der Waals surface area (Å²) in [6, 6.07) is 5.73. The lowest BCUT2D eigenvalue weighted by Crippen LogP contribution is -2.44. The Balaban J connectivity index is 1.66. The van der Waals surface area contributed by atoms with Crippen molar-refractivity contribution in [2.24, 2.45) is 17.5 Å². The Labute approximate surface area is 158 Å². The third kappa shape index (κ3) is 3.18. The van der Waals surface area contributed by atoms with Gasteiger partial charge in [-0.2, -0.15) is 0 Å². The van der Waals surface area contributed by atoms with Gasteiger partial charge >= 0.3 is 0 Å². The Hall–Kier alpha value is -1.52. The van der Waals surface area contributed by atoms with Crippen molar-refractivity contribution in [3.8, 4) is 0 Å². The van der Waals surface area contributed by atoms with E-state index in [1.807, 2.05) is 36.1 Å². The summed E-state index contributed by atoms with van der Waals surface area (Å²) in [6.45, 7) is 0.605. The first-order chi connectivity index (χ1) is 12.1. The molecule has 0 unspecified atom stereocenters. The van der Waals surface area contributed by atoms with E-state index >= 15 is 0 Å². The highest BCUT2D eigenvalue weighted by molar-refractivity contribution is 6.42. The van der Waals surface area contributed by atoms with Gasteiger partial charge in [0.15, 0.2) is 0 Å². The molecule has 4 rings (SSSR count). The van der Waals surface area contributed by atoms with E-state index in [-0.39, 0.29) is 5.41 Å². The number of anilines is 1. The number of nitrogens with zero attached hydrogens (tertiary/aromatic N) is 3. The number of rotatable bonds is 2. The number of aromatic nitrogens is 2. The number of imidazole rings is 1. The van der Waals surface area contributed by atoms with Crippen molar-refractivity contribution in [2.45, 2.75) is 45.1 Å². The number of amidine groups is 1. The minimum absolute atomic E-state index is 0.107. The van der Waals surface area contributed by atoms with E-state index in [9.17, 15) is 0 Å². The Morgan fingerprint density at radius 2 is 2.00 bits per heavy atom. The van der Waals surface area contributed by atoms with Crippen LogP contribution in [0.15, 0.2) is 29.5 Å². The highest BCUT2D eigenvalue weighted by atomic mass is 35.5. The lowest BCUT2D eigenvalue weighted by atomic mass is 9.69. The third-order valence-electron chi connectivity index (χ3n) is 5.47. The molecule has 1 aliphatic heterocycles. The van der Waals surface area contributed by atoms with Crippen LogP contribution in [0.4, 0.5) is 5.82 Å². The van der Waals surface area contributed by atoms with Crippen molar-refractivity contribution in [3.63, 3.8) is 0 Å². The van der Waals surface area contributed by atoms with Crippen molar-refractivity contribution >= 4 is 34.9 Å². The van der Waals surface area contributed by atoms with Crippen LogP contribution in [0.25, 0.3) is 0 Å². The standard InChI is InChI=1S/C19H22Cl2N4/c1-25-12-23-16-10-19(7-3-2-4-8-19)18(24-17(16)25)22-11-13-5-6-14(20)15(21)9-13/h5-6,9,12H,2-4,7-8,10-11H2,1H3,(H,22,24). The van der Waals surface area contributed by atoms with Crippen molar-refractivity contribution in [3.05, 3.63) is 45.8 Å². The van der Waals surface area contributed by atoms with Gasteiger partial charge in [-0.15, -0.1) is 0 Å². The van der Waals surface area contributed by atoms with Crippen LogP contribution in [0.2, 0.25) is 10.0 Å². The largest absolute Gasteiger partial charge is 0.328 e. The monoisotopic (exact) mass is 376 g/mol. The second-order valence-corrected chi connectivity index (χ2v) is 8.02. The molecule has 1 aromatic carbocycles. The Bertz CT molecular complexity index is 819. The lowest BCUT2D eigenvalue weighted by molar-refractivity contribution is 0.276. The first kappa shape index (κ1) is 16.9. The topological polar surface area (TPSA) is 42.2 Å². The molecule has 0 amide bonds. The summed E-state index contributed by atoms with van der Waals surface area (Å²) < 4.78 is 2.04. The summed E-state index contributed by atoms with van der Waals surface area (Å²) in [5.74, 6) is 2.18. The molecule has 0 atom stereocenters. The van der Waals surface area contributed by atoms with Crippen LogP contribution in [0.3, 0.4) is 0 Å². The van der Waals surface area contributed by atoms with Gasteiger partial charge in [-0.25, -0.2) is 4.98 Å². The highest BCUT2D eigenvalue weighted by Crippen LogP contribution is 2.44. The van der Waals surface area contributed by atoms with Gasteiger partial charge in [-0.05, 0) is 30.5 Å².